The summed E-state index contributed by atoms with van der Waals surface area (Å²) in [7, 11) is 4.19. The molecule has 0 amide bonds. The summed E-state index contributed by atoms with van der Waals surface area (Å²) in [5, 5.41) is 2.59. The SMILES string of the molecule is Cn1c(-c2cccc(-c3ccc4c(c3)-c3ccc(-c5cccc(-c6nc7ccccc7n6C)c5)c5cccc-4c35)c2)nc2ccccc21. The Morgan fingerprint density at radius 3 is 1.58 bits per heavy atom. The van der Waals surface area contributed by atoms with Crippen LogP contribution in [0.2, 0.25) is 0 Å². The summed E-state index contributed by atoms with van der Waals surface area (Å²) in [6, 6.07) is 52.5. The van der Waals surface area contributed by atoms with Crippen molar-refractivity contribution in [3.63, 3.8) is 0 Å². The molecule has 0 unspecified atom stereocenters. The van der Waals surface area contributed by atoms with Crippen molar-refractivity contribution in [2.45, 2.75) is 0 Å². The highest BCUT2D eigenvalue weighted by Crippen LogP contribution is 2.50. The van der Waals surface area contributed by atoms with Gasteiger partial charge in [0.25, 0.3) is 0 Å². The van der Waals surface area contributed by atoms with Gasteiger partial charge in [-0.25, -0.2) is 9.97 Å². The number of fused-ring (bicyclic) bond motifs is 5. The Balaban J connectivity index is 1.06. The molecule has 0 N–H and O–H groups in total. The summed E-state index contributed by atoms with van der Waals surface area (Å²) < 4.78 is 4.37. The normalized spacial score (nSPS) is 12.0. The lowest BCUT2D eigenvalue weighted by atomic mass is 9.93. The minimum absolute atomic E-state index is 0.976. The smallest absolute Gasteiger partial charge is 0.140 e. The largest absolute Gasteiger partial charge is 0.327 e. The van der Waals surface area contributed by atoms with Crippen LogP contribution in [-0.2, 0) is 14.1 Å². The number of hydrogen-bond donors (Lipinski definition) is 0. The second-order valence-corrected chi connectivity index (χ2v) is 12.8. The van der Waals surface area contributed by atoms with Gasteiger partial charge < -0.3 is 9.13 Å². The third kappa shape index (κ3) is 3.90. The lowest BCUT2D eigenvalue weighted by molar-refractivity contribution is 0.959. The quantitative estimate of drug-likeness (QED) is 0.198. The van der Waals surface area contributed by atoms with Gasteiger partial charge in [-0.15, -0.1) is 0 Å². The molecular formula is C44H30N4. The first-order valence-electron chi connectivity index (χ1n) is 16.4. The van der Waals surface area contributed by atoms with Crippen molar-refractivity contribution in [2.24, 2.45) is 14.1 Å². The number of aryl methyl sites for hydroxylation is 2. The van der Waals surface area contributed by atoms with E-state index in [1.165, 1.54) is 55.3 Å². The van der Waals surface area contributed by atoms with Gasteiger partial charge in [-0.05, 0) is 97.7 Å². The van der Waals surface area contributed by atoms with Gasteiger partial charge in [-0.1, -0.05) is 103 Å². The molecule has 0 atom stereocenters. The van der Waals surface area contributed by atoms with Crippen molar-refractivity contribution in [2.75, 3.05) is 0 Å². The van der Waals surface area contributed by atoms with Crippen LogP contribution in [0.3, 0.4) is 0 Å². The van der Waals surface area contributed by atoms with Crippen LogP contribution in [0.4, 0.5) is 0 Å². The van der Waals surface area contributed by atoms with Gasteiger partial charge in [-0.3, -0.25) is 0 Å². The van der Waals surface area contributed by atoms with Gasteiger partial charge in [0, 0.05) is 25.2 Å². The molecule has 4 nitrogen and oxygen atoms in total. The molecular weight excluding hydrogens is 585 g/mol. The zero-order valence-electron chi connectivity index (χ0n) is 26.6. The molecule has 1 aliphatic rings. The zero-order chi connectivity index (χ0) is 31.9. The van der Waals surface area contributed by atoms with Crippen molar-refractivity contribution in [1.82, 2.24) is 19.1 Å². The van der Waals surface area contributed by atoms with Gasteiger partial charge in [0.1, 0.15) is 11.6 Å². The molecule has 226 valence electrons. The maximum absolute atomic E-state index is 4.97. The Morgan fingerprint density at radius 1 is 0.375 bits per heavy atom. The van der Waals surface area contributed by atoms with E-state index in [2.05, 4.69) is 157 Å². The third-order valence-electron chi connectivity index (χ3n) is 10.1. The van der Waals surface area contributed by atoms with E-state index in [4.69, 9.17) is 9.97 Å². The van der Waals surface area contributed by atoms with Crippen LogP contribution < -0.4 is 0 Å². The molecule has 10 rings (SSSR count). The minimum atomic E-state index is 0.976. The lowest BCUT2D eigenvalue weighted by Gasteiger charge is -2.11. The Kier molecular flexibility index (Phi) is 5.67. The maximum Gasteiger partial charge on any atom is 0.140 e. The Bertz CT molecular complexity index is 2760. The monoisotopic (exact) mass is 614 g/mol. The van der Waals surface area contributed by atoms with Crippen molar-refractivity contribution in [3.05, 3.63) is 146 Å². The second-order valence-electron chi connectivity index (χ2n) is 12.8. The third-order valence-corrected chi connectivity index (χ3v) is 10.1. The molecule has 0 aliphatic heterocycles. The van der Waals surface area contributed by atoms with E-state index in [1.807, 2.05) is 12.1 Å². The van der Waals surface area contributed by atoms with E-state index in [0.717, 1.165) is 44.8 Å². The van der Waals surface area contributed by atoms with Crippen molar-refractivity contribution in [3.8, 4) is 67.3 Å². The average molecular weight is 615 g/mol. The van der Waals surface area contributed by atoms with Gasteiger partial charge in [0.15, 0.2) is 0 Å². The topological polar surface area (TPSA) is 35.6 Å². The fourth-order valence-electron chi connectivity index (χ4n) is 7.76. The van der Waals surface area contributed by atoms with Crippen LogP contribution >= 0.6 is 0 Å². The summed E-state index contributed by atoms with van der Waals surface area (Å²) in [6.07, 6.45) is 0. The van der Waals surface area contributed by atoms with Crippen LogP contribution in [0.1, 0.15) is 0 Å². The fraction of sp³-hybridized carbons (Fsp3) is 0.0455. The van der Waals surface area contributed by atoms with E-state index in [1.54, 1.807) is 0 Å². The highest BCUT2D eigenvalue weighted by molar-refractivity contribution is 6.19. The van der Waals surface area contributed by atoms with Gasteiger partial charge in [0.2, 0.25) is 0 Å². The number of rotatable bonds is 4. The van der Waals surface area contributed by atoms with Crippen LogP contribution in [0.15, 0.2) is 146 Å². The number of imidazole rings is 2. The minimum Gasteiger partial charge on any atom is -0.327 e. The fourth-order valence-corrected chi connectivity index (χ4v) is 7.76. The van der Waals surface area contributed by atoms with Crippen LogP contribution in [-0.4, -0.2) is 19.1 Å². The second kappa shape index (κ2) is 10.1. The highest BCUT2D eigenvalue weighted by atomic mass is 15.1. The average Bonchev–Trinajstić information content (AvgIpc) is 3.78. The molecule has 9 aromatic rings. The molecule has 1 aliphatic carbocycles. The Morgan fingerprint density at radius 2 is 0.896 bits per heavy atom. The molecule has 7 aromatic carbocycles. The standard InChI is InChI=1S/C44H30N4/c1-47-40-18-5-3-16-38(40)45-43(47)30-12-7-10-27(24-30)28-20-21-33-35-15-9-14-34-32(22-23-36(42(34)35)37(33)26-28)29-11-8-13-31(25-29)44-46-39-17-4-6-19-41(39)48(44)2/h3-26H,1-2H3. The zero-order valence-corrected chi connectivity index (χ0v) is 26.6. The van der Waals surface area contributed by atoms with Gasteiger partial charge in [-0.2, -0.15) is 0 Å². The summed E-state index contributed by atoms with van der Waals surface area (Å²) >= 11 is 0. The number of nitrogens with zero attached hydrogens (tertiary/aromatic N) is 4. The van der Waals surface area contributed by atoms with Crippen molar-refractivity contribution in [1.29, 1.82) is 0 Å². The molecule has 0 bridgehead atoms. The summed E-state index contributed by atoms with van der Waals surface area (Å²) in [4.78, 5) is 9.93. The molecule has 4 heteroatoms. The first-order chi connectivity index (χ1) is 23.6. The Hall–Kier alpha value is -6.26. The van der Waals surface area contributed by atoms with Crippen LogP contribution in [0.5, 0.6) is 0 Å². The summed E-state index contributed by atoms with van der Waals surface area (Å²) in [6.45, 7) is 0. The Labute approximate surface area is 278 Å². The van der Waals surface area contributed by atoms with Crippen LogP contribution in [0, 0.1) is 0 Å². The number of hydrogen-bond acceptors (Lipinski definition) is 2. The van der Waals surface area contributed by atoms with Gasteiger partial charge in [0.05, 0.1) is 22.1 Å². The number of benzene rings is 7. The molecule has 0 radical (unpaired) electrons. The van der Waals surface area contributed by atoms with E-state index >= 15 is 0 Å². The molecule has 2 heterocycles. The predicted octanol–water partition coefficient (Wildman–Crippen LogP) is 10.9. The number of para-hydroxylation sites is 4. The molecule has 0 fully saturated rings. The van der Waals surface area contributed by atoms with Crippen LogP contribution in [0.25, 0.3) is 100 Å². The molecule has 0 spiro atoms. The van der Waals surface area contributed by atoms with Crippen molar-refractivity contribution >= 4 is 32.8 Å². The number of aromatic nitrogens is 4. The van der Waals surface area contributed by atoms with E-state index < -0.39 is 0 Å². The summed E-state index contributed by atoms with van der Waals surface area (Å²) in [5.41, 5.74) is 16.5. The molecule has 48 heavy (non-hydrogen) atoms. The predicted molar refractivity (Wildman–Crippen MR) is 199 cm³/mol. The van der Waals surface area contributed by atoms with E-state index in [9.17, 15) is 0 Å². The van der Waals surface area contributed by atoms with E-state index in [-0.39, 0.29) is 0 Å². The molecule has 2 aromatic heterocycles. The highest BCUT2D eigenvalue weighted by Gasteiger charge is 2.24. The lowest BCUT2D eigenvalue weighted by Crippen LogP contribution is -1.93. The summed E-state index contributed by atoms with van der Waals surface area (Å²) in [5.74, 6) is 1.95. The van der Waals surface area contributed by atoms with E-state index in [0.29, 0.717) is 0 Å². The van der Waals surface area contributed by atoms with Crippen molar-refractivity contribution < 1.29 is 0 Å². The maximum atomic E-state index is 4.97. The van der Waals surface area contributed by atoms with Gasteiger partial charge >= 0.3 is 0 Å². The first kappa shape index (κ1) is 26.9. The molecule has 0 saturated carbocycles. The first-order valence-corrected chi connectivity index (χ1v) is 16.4. The molecule has 0 saturated heterocycles.